The third-order valence-electron chi connectivity index (χ3n) is 5.81. The Morgan fingerprint density at radius 2 is 1.62 bits per heavy atom. The van der Waals surface area contributed by atoms with E-state index < -0.39 is 0 Å². The number of nitrogens with zero attached hydrogens (tertiary/aromatic N) is 1. The summed E-state index contributed by atoms with van der Waals surface area (Å²) in [5.41, 5.74) is 2.62. The van der Waals surface area contributed by atoms with E-state index in [1.54, 1.807) is 0 Å². The van der Waals surface area contributed by atoms with E-state index in [-0.39, 0.29) is 12.0 Å². The maximum absolute atomic E-state index is 12.6. The zero-order valence-electron chi connectivity index (χ0n) is 15.2. The summed E-state index contributed by atoms with van der Waals surface area (Å²) in [5.74, 6) is 0.912. The van der Waals surface area contributed by atoms with Crippen molar-refractivity contribution in [2.75, 3.05) is 19.7 Å². The van der Waals surface area contributed by atoms with E-state index >= 15 is 0 Å². The molecule has 0 N–H and O–H groups in total. The lowest BCUT2D eigenvalue weighted by molar-refractivity contribution is -0.146. The average molecular weight is 349 g/mol. The van der Waals surface area contributed by atoms with E-state index in [4.69, 9.17) is 4.74 Å². The largest absolute Gasteiger partial charge is 0.375 e. The third kappa shape index (κ3) is 3.83. The highest BCUT2D eigenvalue weighted by Gasteiger charge is 2.33. The van der Waals surface area contributed by atoms with Gasteiger partial charge in [-0.2, -0.15) is 0 Å². The number of ether oxygens (including phenoxy) is 1. The number of benzene rings is 2. The number of carbonyl (C=O) groups excluding carboxylic acids is 1. The lowest BCUT2D eigenvalue weighted by atomic mass is 9.83. The Morgan fingerprint density at radius 1 is 1.00 bits per heavy atom. The maximum atomic E-state index is 12.6. The van der Waals surface area contributed by atoms with Gasteiger partial charge in [-0.25, -0.2) is 0 Å². The Bertz CT molecular complexity index is 672. The van der Waals surface area contributed by atoms with Gasteiger partial charge in [0.15, 0.2) is 0 Å². The summed E-state index contributed by atoms with van der Waals surface area (Å²) in [6.07, 6.45) is 4.34. The Hall–Kier alpha value is -2.13. The molecule has 1 atom stereocenters. The van der Waals surface area contributed by atoms with Gasteiger partial charge in [-0.15, -0.1) is 0 Å². The SMILES string of the molecule is O=C(C1CCC1)N1CCO[C@@H](CC(c2ccccc2)c2ccccc2)C1. The molecule has 0 unspecified atom stereocenters. The van der Waals surface area contributed by atoms with Gasteiger partial charge in [0.25, 0.3) is 0 Å². The van der Waals surface area contributed by atoms with Crippen molar-refractivity contribution in [3.8, 4) is 0 Å². The molecule has 1 amide bonds. The molecule has 2 aliphatic rings. The van der Waals surface area contributed by atoms with Crippen LogP contribution >= 0.6 is 0 Å². The normalized spacial score (nSPS) is 20.8. The molecule has 136 valence electrons. The Morgan fingerprint density at radius 3 is 2.15 bits per heavy atom. The predicted molar refractivity (Wildman–Crippen MR) is 103 cm³/mol. The van der Waals surface area contributed by atoms with E-state index in [1.165, 1.54) is 17.5 Å². The predicted octanol–water partition coefficient (Wildman–Crippen LogP) is 4.24. The number of morpholine rings is 1. The fourth-order valence-electron chi connectivity index (χ4n) is 4.07. The van der Waals surface area contributed by atoms with Crippen molar-refractivity contribution in [2.24, 2.45) is 5.92 Å². The summed E-state index contributed by atoms with van der Waals surface area (Å²) in [6.45, 7) is 2.12. The first-order valence-corrected chi connectivity index (χ1v) is 9.81. The van der Waals surface area contributed by atoms with E-state index in [1.807, 2.05) is 4.90 Å². The summed E-state index contributed by atoms with van der Waals surface area (Å²) < 4.78 is 6.07. The third-order valence-corrected chi connectivity index (χ3v) is 5.81. The molecule has 4 rings (SSSR count). The molecule has 1 saturated heterocycles. The molecule has 1 aliphatic heterocycles. The first kappa shape index (κ1) is 17.3. The maximum Gasteiger partial charge on any atom is 0.225 e. The van der Waals surface area contributed by atoms with Crippen molar-refractivity contribution >= 4 is 5.91 Å². The highest BCUT2D eigenvalue weighted by Crippen LogP contribution is 2.32. The van der Waals surface area contributed by atoms with Crippen LogP contribution in [0.15, 0.2) is 60.7 Å². The molecule has 3 nitrogen and oxygen atoms in total. The van der Waals surface area contributed by atoms with Crippen molar-refractivity contribution in [2.45, 2.75) is 37.7 Å². The molecule has 3 heteroatoms. The van der Waals surface area contributed by atoms with Gasteiger partial charge in [0.2, 0.25) is 5.91 Å². The van der Waals surface area contributed by atoms with Crippen LogP contribution in [0, 0.1) is 5.92 Å². The molecule has 0 bridgehead atoms. The van der Waals surface area contributed by atoms with Crippen LogP contribution in [0.3, 0.4) is 0 Å². The van der Waals surface area contributed by atoms with Crippen LogP contribution in [0.2, 0.25) is 0 Å². The number of hydrogen-bond acceptors (Lipinski definition) is 2. The minimum absolute atomic E-state index is 0.0955. The summed E-state index contributed by atoms with van der Waals surface area (Å²) in [5, 5.41) is 0. The molecule has 2 fully saturated rings. The van der Waals surface area contributed by atoms with E-state index in [0.29, 0.717) is 18.4 Å². The van der Waals surface area contributed by atoms with Gasteiger partial charge in [0.1, 0.15) is 0 Å². The minimum atomic E-state index is 0.0955. The average Bonchev–Trinajstić information content (AvgIpc) is 2.66. The molecule has 1 aliphatic carbocycles. The van der Waals surface area contributed by atoms with Crippen molar-refractivity contribution in [1.82, 2.24) is 4.90 Å². The van der Waals surface area contributed by atoms with Crippen molar-refractivity contribution in [1.29, 1.82) is 0 Å². The summed E-state index contributed by atoms with van der Waals surface area (Å²) in [4.78, 5) is 14.7. The van der Waals surface area contributed by atoms with Gasteiger partial charge in [0.05, 0.1) is 12.7 Å². The molecule has 1 saturated carbocycles. The number of amides is 1. The van der Waals surface area contributed by atoms with Gasteiger partial charge in [-0.3, -0.25) is 4.79 Å². The number of carbonyl (C=O) groups is 1. The fourth-order valence-corrected chi connectivity index (χ4v) is 4.07. The van der Waals surface area contributed by atoms with Crippen LogP contribution in [0.25, 0.3) is 0 Å². The van der Waals surface area contributed by atoms with E-state index in [9.17, 15) is 4.79 Å². The Balaban J connectivity index is 1.49. The van der Waals surface area contributed by atoms with Gasteiger partial charge in [0, 0.05) is 24.9 Å². The van der Waals surface area contributed by atoms with E-state index in [2.05, 4.69) is 60.7 Å². The standard InChI is InChI=1S/C23H27NO2/c25-23(20-12-7-13-20)24-14-15-26-21(17-24)16-22(18-8-3-1-4-9-18)19-10-5-2-6-11-19/h1-6,8-11,20-22H,7,12-17H2/t21-/m0/s1. The zero-order chi connectivity index (χ0) is 17.8. The molecule has 0 spiro atoms. The highest BCUT2D eigenvalue weighted by molar-refractivity contribution is 5.79. The molecule has 2 aromatic rings. The van der Waals surface area contributed by atoms with Crippen molar-refractivity contribution in [3.05, 3.63) is 71.8 Å². The quantitative estimate of drug-likeness (QED) is 0.808. The van der Waals surface area contributed by atoms with Crippen LogP contribution in [-0.4, -0.2) is 36.6 Å². The monoisotopic (exact) mass is 349 g/mol. The molecule has 26 heavy (non-hydrogen) atoms. The van der Waals surface area contributed by atoms with Crippen molar-refractivity contribution in [3.63, 3.8) is 0 Å². The van der Waals surface area contributed by atoms with Crippen LogP contribution in [-0.2, 0) is 9.53 Å². The number of rotatable bonds is 5. The van der Waals surface area contributed by atoms with Gasteiger partial charge in [-0.1, -0.05) is 67.1 Å². The van der Waals surface area contributed by atoms with E-state index in [0.717, 1.165) is 32.4 Å². The van der Waals surface area contributed by atoms with Crippen molar-refractivity contribution < 1.29 is 9.53 Å². The Kier molecular flexibility index (Phi) is 5.35. The molecular formula is C23H27NO2. The van der Waals surface area contributed by atoms with Gasteiger partial charge < -0.3 is 9.64 Å². The first-order valence-electron chi connectivity index (χ1n) is 9.81. The fraction of sp³-hybridized carbons (Fsp3) is 0.435. The van der Waals surface area contributed by atoms with Crippen LogP contribution in [0.5, 0.6) is 0 Å². The topological polar surface area (TPSA) is 29.5 Å². The lowest BCUT2D eigenvalue weighted by Gasteiger charge is -2.38. The molecule has 0 radical (unpaired) electrons. The summed E-state index contributed by atoms with van der Waals surface area (Å²) >= 11 is 0. The second-order valence-corrected chi connectivity index (χ2v) is 7.51. The zero-order valence-corrected chi connectivity index (χ0v) is 15.2. The van der Waals surface area contributed by atoms with Crippen LogP contribution in [0.4, 0.5) is 0 Å². The Labute approximate surface area is 156 Å². The molecule has 2 aromatic carbocycles. The summed E-state index contributed by atoms with van der Waals surface area (Å²) in [7, 11) is 0. The molecule has 1 heterocycles. The second-order valence-electron chi connectivity index (χ2n) is 7.51. The van der Waals surface area contributed by atoms with Gasteiger partial charge >= 0.3 is 0 Å². The van der Waals surface area contributed by atoms with Crippen LogP contribution in [0.1, 0.15) is 42.7 Å². The van der Waals surface area contributed by atoms with Crippen LogP contribution < -0.4 is 0 Å². The summed E-state index contributed by atoms with van der Waals surface area (Å²) in [6, 6.07) is 21.3. The lowest BCUT2D eigenvalue weighted by Crippen LogP contribution is -2.49. The molecule has 0 aromatic heterocycles. The first-order chi connectivity index (χ1) is 12.8. The minimum Gasteiger partial charge on any atom is -0.375 e. The number of hydrogen-bond donors (Lipinski definition) is 0. The highest BCUT2D eigenvalue weighted by atomic mass is 16.5. The van der Waals surface area contributed by atoms with Gasteiger partial charge in [-0.05, 0) is 30.4 Å². The second kappa shape index (κ2) is 8.05. The molecular weight excluding hydrogens is 322 g/mol. The smallest absolute Gasteiger partial charge is 0.225 e.